The summed E-state index contributed by atoms with van der Waals surface area (Å²) in [5.41, 5.74) is -0.153. The second kappa shape index (κ2) is 6.19. The van der Waals surface area contributed by atoms with E-state index in [1.54, 1.807) is 7.11 Å². The molecule has 15 heavy (non-hydrogen) atoms. The predicted octanol–water partition coefficient (Wildman–Crippen LogP) is 0.997. The lowest BCUT2D eigenvalue weighted by atomic mass is 10.2. The number of aromatic amines is 1. The number of anilines is 1. The molecule has 1 aromatic heterocycles. The van der Waals surface area contributed by atoms with Crippen molar-refractivity contribution >= 4 is 5.82 Å². The number of hydrogen-bond donors (Lipinski definition) is 2. The van der Waals surface area contributed by atoms with E-state index in [-0.39, 0.29) is 11.6 Å². The SMILES string of the molecule is CCCC(COC)Nc1cc(=O)[nH]cn1. The highest BCUT2D eigenvalue weighted by molar-refractivity contribution is 5.32. The van der Waals surface area contributed by atoms with Crippen LogP contribution in [0.3, 0.4) is 0 Å². The zero-order valence-corrected chi connectivity index (χ0v) is 9.12. The molecular weight excluding hydrogens is 194 g/mol. The molecule has 1 aromatic rings. The Morgan fingerprint density at radius 1 is 1.67 bits per heavy atom. The van der Waals surface area contributed by atoms with Gasteiger partial charge in [-0.25, -0.2) is 4.98 Å². The van der Waals surface area contributed by atoms with Gasteiger partial charge in [-0.1, -0.05) is 13.3 Å². The normalized spacial score (nSPS) is 12.4. The van der Waals surface area contributed by atoms with Crippen LogP contribution < -0.4 is 10.9 Å². The minimum Gasteiger partial charge on any atom is -0.383 e. The Hall–Kier alpha value is -1.36. The summed E-state index contributed by atoms with van der Waals surface area (Å²) in [6.45, 7) is 2.72. The highest BCUT2D eigenvalue weighted by Crippen LogP contribution is 2.05. The third-order valence-corrected chi connectivity index (χ3v) is 2.04. The molecule has 84 valence electrons. The van der Waals surface area contributed by atoms with Gasteiger partial charge in [0.25, 0.3) is 5.56 Å². The van der Waals surface area contributed by atoms with Gasteiger partial charge >= 0.3 is 0 Å². The first-order valence-electron chi connectivity index (χ1n) is 5.06. The molecule has 1 unspecified atom stereocenters. The highest BCUT2D eigenvalue weighted by atomic mass is 16.5. The van der Waals surface area contributed by atoms with Crippen LogP contribution in [0.15, 0.2) is 17.2 Å². The molecule has 0 saturated heterocycles. The number of rotatable bonds is 6. The van der Waals surface area contributed by atoms with Crippen LogP contribution in [-0.4, -0.2) is 29.7 Å². The summed E-state index contributed by atoms with van der Waals surface area (Å²) in [5.74, 6) is 0.592. The van der Waals surface area contributed by atoms with Crippen LogP contribution in [0.2, 0.25) is 0 Å². The van der Waals surface area contributed by atoms with Crippen molar-refractivity contribution in [3.05, 3.63) is 22.7 Å². The summed E-state index contributed by atoms with van der Waals surface area (Å²) >= 11 is 0. The maximum Gasteiger partial charge on any atom is 0.252 e. The van der Waals surface area contributed by atoms with Crippen LogP contribution in [-0.2, 0) is 4.74 Å². The number of hydrogen-bond acceptors (Lipinski definition) is 4. The van der Waals surface area contributed by atoms with E-state index < -0.39 is 0 Å². The van der Waals surface area contributed by atoms with Gasteiger partial charge in [-0.05, 0) is 6.42 Å². The summed E-state index contributed by atoms with van der Waals surface area (Å²) in [6.07, 6.45) is 3.44. The standard InChI is InChI=1S/C10H17N3O2/c1-3-4-8(6-15-2)13-9-5-10(14)12-7-11-9/h5,7-8H,3-4,6H2,1-2H3,(H2,11,12,13,14). The van der Waals surface area contributed by atoms with Gasteiger partial charge in [0.15, 0.2) is 0 Å². The van der Waals surface area contributed by atoms with E-state index in [1.165, 1.54) is 12.4 Å². The number of H-pyrrole nitrogens is 1. The highest BCUT2D eigenvalue weighted by Gasteiger charge is 2.07. The summed E-state index contributed by atoms with van der Waals surface area (Å²) in [7, 11) is 1.66. The molecule has 0 bridgehead atoms. The van der Waals surface area contributed by atoms with Gasteiger partial charge in [-0.2, -0.15) is 0 Å². The molecule has 0 aliphatic rings. The number of aromatic nitrogens is 2. The van der Waals surface area contributed by atoms with Crippen molar-refractivity contribution in [2.24, 2.45) is 0 Å². The third kappa shape index (κ3) is 4.12. The molecule has 5 nitrogen and oxygen atoms in total. The summed E-state index contributed by atoms with van der Waals surface area (Å²) in [5, 5.41) is 3.17. The maximum absolute atomic E-state index is 11.0. The van der Waals surface area contributed by atoms with Crippen molar-refractivity contribution in [3.8, 4) is 0 Å². The topological polar surface area (TPSA) is 67.0 Å². The van der Waals surface area contributed by atoms with Gasteiger partial charge < -0.3 is 15.0 Å². The van der Waals surface area contributed by atoms with Crippen molar-refractivity contribution in [2.75, 3.05) is 19.0 Å². The average Bonchev–Trinajstić information content (AvgIpc) is 2.18. The van der Waals surface area contributed by atoms with Crippen LogP contribution in [0.25, 0.3) is 0 Å². The Kier molecular flexibility index (Phi) is 4.83. The predicted molar refractivity (Wildman–Crippen MR) is 59.1 cm³/mol. The Bertz CT molecular complexity index is 331. The monoisotopic (exact) mass is 211 g/mol. The molecule has 2 N–H and O–H groups in total. The first kappa shape index (κ1) is 11.7. The molecule has 0 amide bonds. The molecule has 1 heterocycles. The maximum atomic E-state index is 11.0. The van der Waals surface area contributed by atoms with Gasteiger partial charge in [-0.3, -0.25) is 4.79 Å². The van der Waals surface area contributed by atoms with E-state index in [0.717, 1.165) is 12.8 Å². The number of nitrogens with one attached hydrogen (secondary N) is 2. The van der Waals surface area contributed by atoms with E-state index >= 15 is 0 Å². The summed E-state index contributed by atoms with van der Waals surface area (Å²) in [6, 6.07) is 1.65. The summed E-state index contributed by atoms with van der Waals surface area (Å²) in [4.78, 5) is 17.5. The van der Waals surface area contributed by atoms with Crippen molar-refractivity contribution < 1.29 is 4.74 Å². The van der Waals surface area contributed by atoms with Crippen molar-refractivity contribution in [2.45, 2.75) is 25.8 Å². The smallest absolute Gasteiger partial charge is 0.252 e. The summed E-state index contributed by atoms with van der Waals surface area (Å²) < 4.78 is 5.08. The van der Waals surface area contributed by atoms with Crippen molar-refractivity contribution in [1.29, 1.82) is 0 Å². The molecule has 1 atom stereocenters. The van der Waals surface area contributed by atoms with Crippen LogP contribution >= 0.6 is 0 Å². The lowest BCUT2D eigenvalue weighted by Gasteiger charge is -2.17. The largest absolute Gasteiger partial charge is 0.383 e. The van der Waals surface area contributed by atoms with Crippen molar-refractivity contribution in [1.82, 2.24) is 9.97 Å². The second-order valence-electron chi connectivity index (χ2n) is 3.38. The fourth-order valence-electron chi connectivity index (χ4n) is 1.40. The average molecular weight is 211 g/mol. The van der Waals surface area contributed by atoms with E-state index in [1.807, 2.05) is 0 Å². The van der Waals surface area contributed by atoms with Crippen molar-refractivity contribution in [3.63, 3.8) is 0 Å². The van der Waals surface area contributed by atoms with Gasteiger partial charge in [-0.15, -0.1) is 0 Å². The van der Waals surface area contributed by atoms with Gasteiger partial charge in [0.05, 0.1) is 19.0 Å². The molecule has 0 fully saturated rings. The fraction of sp³-hybridized carbons (Fsp3) is 0.600. The zero-order valence-electron chi connectivity index (χ0n) is 9.12. The van der Waals surface area contributed by atoms with Gasteiger partial charge in [0, 0.05) is 13.2 Å². The van der Waals surface area contributed by atoms with Crippen LogP contribution in [0, 0.1) is 0 Å². The van der Waals surface area contributed by atoms with Crippen LogP contribution in [0.5, 0.6) is 0 Å². The lowest BCUT2D eigenvalue weighted by Crippen LogP contribution is -2.26. The molecule has 1 rings (SSSR count). The fourth-order valence-corrected chi connectivity index (χ4v) is 1.40. The molecule has 0 aliphatic carbocycles. The Labute approximate surface area is 88.9 Å². The van der Waals surface area contributed by atoms with E-state index in [2.05, 4.69) is 22.2 Å². The zero-order chi connectivity index (χ0) is 11.1. The Balaban J connectivity index is 2.60. The van der Waals surface area contributed by atoms with Crippen LogP contribution in [0.4, 0.5) is 5.82 Å². The number of methoxy groups -OCH3 is 1. The minimum atomic E-state index is -0.153. The van der Waals surface area contributed by atoms with Gasteiger partial charge in [0.2, 0.25) is 0 Å². The Morgan fingerprint density at radius 2 is 2.47 bits per heavy atom. The quantitative estimate of drug-likeness (QED) is 0.736. The molecule has 0 aromatic carbocycles. The lowest BCUT2D eigenvalue weighted by molar-refractivity contribution is 0.182. The first-order valence-corrected chi connectivity index (χ1v) is 5.06. The first-order chi connectivity index (χ1) is 7.26. The van der Waals surface area contributed by atoms with E-state index in [9.17, 15) is 4.79 Å². The molecule has 0 spiro atoms. The molecular formula is C10H17N3O2. The number of ether oxygens (including phenoxy) is 1. The molecule has 0 aliphatic heterocycles. The van der Waals surface area contributed by atoms with Gasteiger partial charge in [0.1, 0.15) is 5.82 Å². The minimum absolute atomic E-state index is 0.153. The van der Waals surface area contributed by atoms with E-state index in [4.69, 9.17) is 4.74 Å². The third-order valence-electron chi connectivity index (χ3n) is 2.04. The van der Waals surface area contributed by atoms with Crippen LogP contribution in [0.1, 0.15) is 19.8 Å². The van der Waals surface area contributed by atoms with E-state index in [0.29, 0.717) is 12.4 Å². The number of nitrogens with zero attached hydrogens (tertiary/aromatic N) is 1. The molecule has 0 radical (unpaired) electrons. The molecule has 5 heteroatoms. The second-order valence-corrected chi connectivity index (χ2v) is 3.38. The molecule has 0 saturated carbocycles. The Morgan fingerprint density at radius 3 is 3.07 bits per heavy atom.